The molecule has 0 aromatic rings. The highest BCUT2D eigenvalue weighted by atomic mass is 16.7. The molecule has 3 rings (SSSR count). The summed E-state index contributed by atoms with van der Waals surface area (Å²) in [4.78, 5) is 77.7. The second-order valence-corrected chi connectivity index (χ2v) is 17.5. The minimum absolute atomic E-state index is 0.0341. The van der Waals surface area contributed by atoms with Crippen molar-refractivity contribution in [1.29, 1.82) is 0 Å². The Hall–Kier alpha value is -3.88. The van der Waals surface area contributed by atoms with E-state index in [9.17, 15) is 33.9 Å². The number of aliphatic hydroxyl groups is 1. The van der Waals surface area contributed by atoms with E-state index < -0.39 is 134 Å². The molecule has 1 N–H and O–H groups in total. The van der Waals surface area contributed by atoms with E-state index in [0.717, 1.165) is 0 Å². The lowest BCUT2D eigenvalue weighted by Gasteiger charge is -2.48. The summed E-state index contributed by atoms with van der Waals surface area (Å²) in [5, 5.41) is 11.9. The lowest BCUT2D eigenvalue weighted by molar-refractivity contribution is -0.308. The van der Waals surface area contributed by atoms with Gasteiger partial charge in [-0.25, -0.2) is 0 Å². The van der Waals surface area contributed by atoms with E-state index in [1.54, 1.807) is 65.8 Å². The number of likely N-dealkylation sites (N-methyl/N-ethyl adjacent to an activating group) is 1. The number of cyclic esters (lactones) is 1. The molecular weight excluding hydrogens is 851 g/mol. The normalized spacial score (nSPS) is 38.0. The van der Waals surface area contributed by atoms with E-state index in [1.807, 2.05) is 13.0 Å². The van der Waals surface area contributed by atoms with Gasteiger partial charge in [-0.3, -0.25) is 33.7 Å². The van der Waals surface area contributed by atoms with Crippen LogP contribution in [-0.2, 0) is 76.1 Å². The molecule has 0 spiro atoms. The molecule has 0 amide bonds. The minimum atomic E-state index is -1.37. The van der Waals surface area contributed by atoms with Crippen LogP contribution in [-0.4, -0.2) is 161 Å². The molecule has 1 unspecified atom stereocenters. The molecule has 0 radical (unpaired) electrons. The van der Waals surface area contributed by atoms with Gasteiger partial charge in [0.2, 0.25) is 0 Å². The predicted octanol–water partition coefficient (Wildman–Crippen LogP) is 3.83. The fourth-order valence-electron chi connectivity index (χ4n) is 8.91. The molecule has 3 aliphatic heterocycles. The van der Waals surface area contributed by atoms with E-state index in [1.165, 1.54) is 47.1 Å². The van der Waals surface area contributed by atoms with E-state index in [0.29, 0.717) is 18.3 Å². The van der Waals surface area contributed by atoms with Crippen LogP contribution in [0.4, 0.5) is 0 Å². The van der Waals surface area contributed by atoms with Crippen molar-refractivity contribution in [3.8, 4) is 0 Å². The molecule has 2 saturated heterocycles. The van der Waals surface area contributed by atoms with Crippen LogP contribution in [0, 0.1) is 23.7 Å². The van der Waals surface area contributed by atoms with Crippen molar-refractivity contribution in [3.63, 3.8) is 0 Å². The summed E-state index contributed by atoms with van der Waals surface area (Å²) in [5.74, 6) is -5.20. The Morgan fingerprint density at radius 3 is 1.98 bits per heavy atom. The first kappa shape index (κ1) is 55.4. The number of nitrogens with zero attached hydrogens (tertiary/aromatic N) is 1. The molecule has 3 aliphatic rings. The van der Waals surface area contributed by atoms with Crippen LogP contribution < -0.4 is 0 Å². The quantitative estimate of drug-likeness (QED) is 0.107. The largest absolute Gasteiger partial charge is 0.462 e. The van der Waals surface area contributed by atoms with Crippen molar-refractivity contribution in [1.82, 2.24) is 4.90 Å². The summed E-state index contributed by atoms with van der Waals surface area (Å²) in [5.41, 5.74) is 0.676. The average molecular weight is 924 g/mol. The number of hydrogen-bond donors (Lipinski definition) is 1. The summed E-state index contributed by atoms with van der Waals surface area (Å²) in [6.45, 7) is 14.3. The number of aliphatic hydroxyl groups excluding tert-OH is 1. The molecule has 0 bridgehead atoms. The number of esters is 4. The molecule has 0 saturated carbocycles. The molecule has 368 valence electrons. The van der Waals surface area contributed by atoms with Crippen LogP contribution >= 0.6 is 0 Å². The van der Waals surface area contributed by atoms with E-state index in [2.05, 4.69) is 0 Å². The highest BCUT2D eigenvalue weighted by molar-refractivity contribution is 5.91. The van der Waals surface area contributed by atoms with Gasteiger partial charge in [-0.15, -0.1) is 0 Å². The number of carbonyl (C=O) groups is 6. The third kappa shape index (κ3) is 15.9. The van der Waals surface area contributed by atoms with E-state index >= 15 is 0 Å². The number of methoxy groups -OCH3 is 2. The summed E-state index contributed by atoms with van der Waals surface area (Å²) in [6.07, 6.45) is -2.12. The fraction of sp³-hybridized carbons (Fsp3) is 0.745. The van der Waals surface area contributed by atoms with Crippen LogP contribution in [0.5, 0.6) is 0 Å². The highest BCUT2D eigenvalue weighted by Gasteiger charge is 2.52. The minimum Gasteiger partial charge on any atom is -0.462 e. The van der Waals surface area contributed by atoms with Crippen molar-refractivity contribution in [2.45, 2.75) is 168 Å². The van der Waals surface area contributed by atoms with Crippen LogP contribution in [0.15, 0.2) is 36.0 Å². The topological polar surface area (TPSA) is 218 Å². The van der Waals surface area contributed by atoms with Crippen LogP contribution in [0.2, 0.25) is 0 Å². The molecule has 18 nitrogen and oxygen atoms in total. The standard InChI is InChI=1S/C47H73NO17/c1-14-37-34(24-58-46-45(57-13)44(56-12)42(29(6)59-46)62-31(8)51)21-25(2)18-19-35(53)26(3)22-33(17-15-16-20-49)40(27(4)36(54)23-38(55)64-37)65-47-43(63-32(9)52)39(48(10)11)41(28(5)60-47)61-30(7)50/h15-16,18-21,26-29,33-34,36-37,39-47,54H,14,17,22-24H2,1-13H3/b16-15+,19-18+,25-21+/t26-,27+,28?,29-,33+,34-,36-,37-,39-,40-,41+,42-,43+,44-,45-,46-,47-/m1/s1. The maximum atomic E-state index is 13.9. The van der Waals surface area contributed by atoms with Crippen LogP contribution in [0.3, 0.4) is 0 Å². The van der Waals surface area contributed by atoms with Crippen molar-refractivity contribution < 1.29 is 81.2 Å². The number of ether oxygens (including phenoxy) is 10. The zero-order valence-electron chi connectivity index (χ0n) is 40.2. The van der Waals surface area contributed by atoms with E-state index in [-0.39, 0.29) is 25.2 Å². The first-order valence-electron chi connectivity index (χ1n) is 22.4. The van der Waals surface area contributed by atoms with Gasteiger partial charge in [-0.05, 0) is 72.2 Å². The monoisotopic (exact) mass is 923 g/mol. The Labute approximate surface area is 383 Å². The maximum Gasteiger partial charge on any atom is 0.308 e. The molecule has 3 heterocycles. The van der Waals surface area contributed by atoms with Gasteiger partial charge in [0, 0.05) is 52.7 Å². The molecule has 65 heavy (non-hydrogen) atoms. The fourth-order valence-corrected chi connectivity index (χ4v) is 8.91. The summed E-state index contributed by atoms with van der Waals surface area (Å²) >= 11 is 0. The summed E-state index contributed by atoms with van der Waals surface area (Å²) < 4.78 is 60.2. The molecule has 17 atom stereocenters. The SMILES string of the molecule is CC[C@H]1OC(=O)C[C@@H](O)[C@H](C)[C@@H](O[C@H]2OC(C)[C@H](OC(C)=O)[C@@H](N(C)C)[C@@H]2OC(C)=O)[C@@H](C/C=C/C=O)C[C@@H](C)C(=O)/C=C/C(C)=C/[C@@H]1CO[C@@H]1O[C@H](C)[C@@H](OC(C)=O)[C@@H](OC)[C@H]1OC. The maximum absolute atomic E-state index is 13.9. The van der Waals surface area contributed by atoms with Crippen LogP contribution in [0.25, 0.3) is 0 Å². The summed E-state index contributed by atoms with van der Waals surface area (Å²) in [6, 6.07) is -0.733. The zero-order valence-corrected chi connectivity index (χ0v) is 40.2. The first-order valence-corrected chi connectivity index (χ1v) is 22.4. The Morgan fingerprint density at radius 1 is 0.831 bits per heavy atom. The number of rotatable bonds is 15. The van der Waals surface area contributed by atoms with Gasteiger partial charge in [0.15, 0.2) is 30.6 Å². The van der Waals surface area contributed by atoms with Gasteiger partial charge in [0.05, 0.1) is 43.5 Å². The molecule has 0 aliphatic carbocycles. The number of aldehydes is 1. The second kappa shape index (κ2) is 26.5. The second-order valence-electron chi connectivity index (χ2n) is 17.5. The van der Waals surface area contributed by atoms with Gasteiger partial charge in [0.25, 0.3) is 0 Å². The molecule has 0 aromatic heterocycles. The third-order valence-corrected chi connectivity index (χ3v) is 12.2. The van der Waals surface area contributed by atoms with Gasteiger partial charge in [-0.1, -0.05) is 44.6 Å². The predicted molar refractivity (Wildman–Crippen MR) is 234 cm³/mol. The van der Waals surface area contributed by atoms with Gasteiger partial charge in [0.1, 0.15) is 30.7 Å². The zero-order chi connectivity index (χ0) is 48.7. The molecule has 0 aromatic carbocycles. The Morgan fingerprint density at radius 2 is 1.42 bits per heavy atom. The summed E-state index contributed by atoms with van der Waals surface area (Å²) in [7, 11) is 6.41. The average Bonchev–Trinajstić information content (AvgIpc) is 3.22. The molecular formula is C47H73NO17. The third-order valence-electron chi connectivity index (χ3n) is 12.2. The highest BCUT2D eigenvalue weighted by Crippen LogP contribution is 2.37. The first-order chi connectivity index (χ1) is 30.7. The lowest BCUT2D eigenvalue weighted by Crippen LogP contribution is -2.65. The van der Waals surface area contributed by atoms with Gasteiger partial charge in [-0.2, -0.15) is 0 Å². The van der Waals surface area contributed by atoms with Gasteiger partial charge >= 0.3 is 23.9 Å². The lowest BCUT2D eigenvalue weighted by atomic mass is 9.79. The smallest absolute Gasteiger partial charge is 0.308 e. The number of carbonyl (C=O) groups excluding carboxylic acids is 6. The number of hydrogen-bond acceptors (Lipinski definition) is 18. The van der Waals surface area contributed by atoms with Crippen molar-refractivity contribution in [2.24, 2.45) is 23.7 Å². The van der Waals surface area contributed by atoms with Crippen molar-refractivity contribution in [3.05, 3.63) is 36.0 Å². The van der Waals surface area contributed by atoms with Crippen LogP contribution in [0.1, 0.15) is 88.0 Å². The Bertz CT molecular complexity index is 1680. The Balaban J connectivity index is 2.06. The van der Waals surface area contributed by atoms with E-state index in [4.69, 9.17) is 47.4 Å². The molecule has 2 fully saturated rings. The van der Waals surface area contributed by atoms with Crippen molar-refractivity contribution in [2.75, 3.05) is 34.9 Å². The number of allylic oxidation sites excluding steroid dienone is 5. The van der Waals surface area contributed by atoms with Crippen molar-refractivity contribution >= 4 is 35.9 Å². The molecule has 18 heteroatoms. The number of ketones is 1. The Kier molecular flexibility index (Phi) is 22.6. The van der Waals surface area contributed by atoms with Gasteiger partial charge < -0.3 is 52.5 Å².